The molecule has 0 bridgehead atoms. The van der Waals surface area contributed by atoms with Gasteiger partial charge in [-0.2, -0.15) is 0 Å². The molecule has 17 heavy (non-hydrogen) atoms. The number of hydrazone groups is 1. The fraction of sp³-hybridized carbons (Fsp3) is 0.200. The molecule has 0 aromatic heterocycles. The topological polar surface area (TPSA) is 62.2 Å². The third kappa shape index (κ3) is 1.42. The molecule has 0 spiro atoms. The molecule has 2 aliphatic rings. The Morgan fingerprint density at radius 3 is 3.00 bits per heavy atom. The largest absolute Gasteiger partial charge is 0.483 e. The normalized spacial score (nSPS) is 21.5. The number of para-hydroxylation sites is 2. The maximum atomic E-state index is 12.1. The molecule has 6 nitrogen and oxygen atoms in total. The van der Waals surface area contributed by atoms with Gasteiger partial charge in [0.25, 0.3) is 17.1 Å². The average Bonchev–Trinajstić information content (AvgIpc) is 2.67. The molecule has 3 rings (SSSR count). The molecule has 1 unspecified atom stereocenters. The SMILES string of the molecule is CC(=O)N1N=C2COc3ccccc3N2S1=O. The number of benzene rings is 1. The highest BCUT2D eigenvalue weighted by Crippen LogP contribution is 2.35. The zero-order chi connectivity index (χ0) is 12.0. The smallest absolute Gasteiger partial charge is 0.255 e. The van der Waals surface area contributed by atoms with Crippen molar-refractivity contribution in [2.75, 3.05) is 10.9 Å². The van der Waals surface area contributed by atoms with Gasteiger partial charge in [-0.1, -0.05) is 12.1 Å². The van der Waals surface area contributed by atoms with Crippen LogP contribution in [-0.4, -0.2) is 27.0 Å². The highest BCUT2D eigenvalue weighted by Gasteiger charge is 2.39. The monoisotopic (exact) mass is 251 g/mol. The van der Waals surface area contributed by atoms with Crippen molar-refractivity contribution in [2.45, 2.75) is 6.92 Å². The lowest BCUT2D eigenvalue weighted by atomic mass is 10.2. The third-order valence-electron chi connectivity index (χ3n) is 2.46. The van der Waals surface area contributed by atoms with Crippen molar-refractivity contribution in [1.29, 1.82) is 0 Å². The van der Waals surface area contributed by atoms with Gasteiger partial charge in [-0.25, -0.2) is 8.51 Å². The van der Waals surface area contributed by atoms with E-state index in [0.29, 0.717) is 17.3 Å². The molecule has 1 aromatic rings. The van der Waals surface area contributed by atoms with Crippen LogP contribution in [0.4, 0.5) is 5.69 Å². The van der Waals surface area contributed by atoms with E-state index in [1.54, 1.807) is 12.1 Å². The first-order valence-corrected chi connectivity index (χ1v) is 6.07. The fourth-order valence-corrected chi connectivity index (χ4v) is 2.86. The van der Waals surface area contributed by atoms with E-state index in [0.717, 1.165) is 4.41 Å². The maximum Gasteiger partial charge on any atom is 0.255 e. The maximum absolute atomic E-state index is 12.1. The summed E-state index contributed by atoms with van der Waals surface area (Å²) in [6.07, 6.45) is 0. The van der Waals surface area contributed by atoms with Crippen LogP contribution >= 0.6 is 0 Å². The van der Waals surface area contributed by atoms with Gasteiger partial charge in [-0.15, -0.1) is 9.52 Å². The first-order valence-electron chi connectivity index (χ1n) is 5.00. The van der Waals surface area contributed by atoms with Crippen molar-refractivity contribution in [2.24, 2.45) is 5.10 Å². The summed E-state index contributed by atoms with van der Waals surface area (Å²) in [6.45, 7) is 1.54. The van der Waals surface area contributed by atoms with E-state index in [9.17, 15) is 9.00 Å². The molecule has 0 saturated heterocycles. The molecular weight excluding hydrogens is 242 g/mol. The second-order valence-electron chi connectivity index (χ2n) is 3.59. The van der Waals surface area contributed by atoms with Crippen molar-refractivity contribution in [3.63, 3.8) is 0 Å². The van der Waals surface area contributed by atoms with E-state index in [1.807, 2.05) is 12.1 Å². The number of rotatable bonds is 0. The molecule has 0 saturated carbocycles. The number of carbonyl (C=O) groups is 1. The van der Waals surface area contributed by atoms with Crippen LogP contribution < -0.4 is 9.04 Å². The Morgan fingerprint density at radius 1 is 1.47 bits per heavy atom. The Kier molecular flexibility index (Phi) is 2.15. The van der Waals surface area contributed by atoms with Gasteiger partial charge < -0.3 is 4.74 Å². The van der Waals surface area contributed by atoms with Crippen LogP contribution in [0.5, 0.6) is 5.75 Å². The lowest BCUT2D eigenvalue weighted by molar-refractivity contribution is -0.123. The number of hydrogen-bond donors (Lipinski definition) is 0. The molecule has 0 fully saturated rings. The molecule has 88 valence electrons. The van der Waals surface area contributed by atoms with Gasteiger partial charge in [-0.3, -0.25) is 4.79 Å². The number of ether oxygens (including phenoxy) is 1. The first kappa shape index (κ1) is 10.3. The molecule has 2 heterocycles. The zero-order valence-corrected chi connectivity index (χ0v) is 9.81. The number of carbonyl (C=O) groups excluding carboxylic acids is 1. The van der Waals surface area contributed by atoms with Crippen molar-refractivity contribution < 1.29 is 13.7 Å². The number of nitrogens with zero attached hydrogens (tertiary/aromatic N) is 3. The van der Waals surface area contributed by atoms with Crippen molar-refractivity contribution in [3.8, 4) is 5.75 Å². The van der Waals surface area contributed by atoms with E-state index in [2.05, 4.69) is 5.10 Å². The van der Waals surface area contributed by atoms with Gasteiger partial charge in [0, 0.05) is 6.92 Å². The van der Waals surface area contributed by atoms with Crippen LogP contribution in [-0.2, 0) is 16.0 Å². The Balaban J connectivity index is 2.09. The summed E-state index contributed by atoms with van der Waals surface area (Å²) in [5, 5.41) is 3.99. The van der Waals surface area contributed by atoms with Crippen molar-refractivity contribution in [1.82, 2.24) is 4.41 Å². The number of hydrogen-bond acceptors (Lipinski definition) is 4. The molecule has 2 aliphatic heterocycles. The quantitative estimate of drug-likeness (QED) is 0.679. The standard InChI is InChI=1S/C10H9N3O3S/c1-7(14)13-11-10-6-16-9-5-3-2-4-8(9)12(10)17(13)15/h2-5H,6H2,1H3. The minimum absolute atomic E-state index is 0.215. The molecule has 1 atom stereocenters. The van der Waals surface area contributed by atoms with E-state index in [-0.39, 0.29) is 12.5 Å². The Bertz CT molecular complexity index is 557. The van der Waals surface area contributed by atoms with Gasteiger partial charge in [0.1, 0.15) is 18.0 Å². The number of fused-ring (bicyclic) bond motifs is 3. The molecule has 0 aliphatic carbocycles. The predicted molar refractivity (Wildman–Crippen MR) is 62.5 cm³/mol. The summed E-state index contributed by atoms with van der Waals surface area (Å²) in [7, 11) is 0. The minimum atomic E-state index is -1.64. The highest BCUT2D eigenvalue weighted by atomic mass is 32.2. The predicted octanol–water partition coefficient (Wildman–Crippen LogP) is 0.640. The molecule has 1 amide bonds. The van der Waals surface area contributed by atoms with E-state index in [1.165, 1.54) is 11.2 Å². The van der Waals surface area contributed by atoms with Crippen molar-refractivity contribution in [3.05, 3.63) is 24.3 Å². The molecule has 7 heteroatoms. The van der Waals surface area contributed by atoms with Gasteiger partial charge in [0.05, 0.1) is 0 Å². The third-order valence-corrected chi connectivity index (χ3v) is 3.81. The first-order chi connectivity index (χ1) is 8.18. The minimum Gasteiger partial charge on any atom is -0.483 e. The molecule has 0 radical (unpaired) electrons. The van der Waals surface area contributed by atoms with Crippen LogP contribution in [0, 0.1) is 0 Å². The van der Waals surface area contributed by atoms with E-state index >= 15 is 0 Å². The Morgan fingerprint density at radius 2 is 2.24 bits per heavy atom. The van der Waals surface area contributed by atoms with Crippen LogP contribution in [0.1, 0.15) is 6.92 Å². The molecule has 0 N–H and O–H groups in total. The average molecular weight is 251 g/mol. The Labute approximate surface area is 100 Å². The van der Waals surface area contributed by atoms with Crippen LogP contribution in [0.15, 0.2) is 29.4 Å². The second kappa shape index (κ2) is 3.56. The zero-order valence-electron chi connectivity index (χ0n) is 8.99. The summed E-state index contributed by atoms with van der Waals surface area (Å²) in [5.41, 5.74) is 0.666. The molecule has 1 aromatic carbocycles. The molecular formula is C10H9N3O3S. The lowest BCUT2D eigenvalue weighted by Gasteiger charge is -2.25. The summed E-state index contributed by atoms with van der Waals surface area (Å²) >= 11 is -1.64. The van der Waals surface area contributed by atoms with E-state index < -0.39 is 11.2 Å². The summed E-state index contributed by atoms with van der Waals surface area (Å²) < 4.78 is 20.1. The summed E-state index contributed by atoms with van der Waals surface area (Å²) in [5.74, 6) is 0.769. The van der Waals surface area contributed by atoms with Gasteiger partial charge in [-0.05, 0) is 12.1 Å². The second-order valence-corrected chi connectivity index (χ2v) is 4.76. The van der Waals surface area contributed by atoms with Gasteiger partial charge in [0.2, 0.25) is 0 Å². The van der Waals surface area contributed by atoms with Crippen LogP contribution in [0.2, 0.25) is 0 Å². The van der Waals surface area contributed by atoms with E-state index in [4.69, 9.17) is 4.74 Å². The summed E-state index contributed by atoms with van der Waals surface area (Å²) in [6, 6.07) is 7.23. The van der Waals surface area contributed by atoms with Crippen LogP contribution in [0.3, 0.4) is 0 Å². The lowest BCUT2D eigenvalue weighted by Crippen LogP contribution is -2.38. The Hall–Kier alpha value is -1.89. The van der Waals surface area contributed by atoms with Crippen LogP contribution in [0.25, 0.3) is 0 Å². The van der Waals surface area contributed by atoms with Gasteiger partial charge >= 0.3 is 0 Å². The number of amides is 1. The highest BCUT2D eigenvalue weighted by molar-refractivity contribution is 7.85. The fourth-order valence-electron chi connectivity index (χ4n) is 1.73. The van der Waals surface area contributed by atoms with Crippen molar-refractivity contribution >= 4 is 28.6 Å². The summed E-state index contributed by atoms with van der Waals surface area (Å²) in [4.78, 5) is 11.3. The van der Waals surface area contributed by atoms with Gasteiger partial charge in [0.15, 0.2) is 5.84 Å². The number of amidine groups is 1. The number of anilines is 1.